The molecular weight excluding hydrogens is 258 g/mol. The standard InChI is InChI=1S/C19H23NO/c1-14(15-8-10-19(21-2)11-9-15)20-18-12-17(13-18)16-6-4-3-5-7-16/h3-11,14,17-18,20H,12-13H2,1-2H3. The first kappa shape index (κ1) is 14.2. The van der Waals surface area contributed by atoms with Gasteiger partial charge in [0.25, 0.3) is 0 Å². The lowest BCUT2D eigenvalue weighted by Gasteiger charge is -2.38. The van der Waals surface area contributed by atoms with Crippen LogP contribution in [0.15, 0.2) is 54.6 Å². The van der Waals surface area contributed by atoms with E-state index in [-0.39, 0.29) is 0 Å². The molecule has 1 aliphatic carbocycles. The summed E-state index contributed by atoms with van der Waals surface area (Å²) in [6.45, 7) is 2.23. The summed E-state index contributed by atoms with van der Waals surface area (Å²) in [7, 11) is 1.70. The zero-order valence-corrected chi connectivity index (χ0v) is 12.8. The predicted octanol–water partition coefficient (Wildman–Crippen LogP) is 4.29. The molecule has 1 N–H and O–H groups in total. The molecule has 0 saturated heterocycles. The normalized spacial score (nSPS) is 22.4. The average molecular weight is 281 g/mol. The maximum absolute atomic E-state index is 5.20. The number of hydrogen-bond acceptors (Lipinski definition) is 2. The second-order valence-corrected chi connectivity index (χ2v) is 5.94. The number of nitrogens with one attached hydrogen (secondary N) is 1. The minimum absolute atomic E-state index is 0.387. The van der Waals surface area contributed by atoms with Gasteiger partial charge in [-0.15, -0.1) is 0 Å². The molecule has 0 heterocycles. The van der Waals surface area contributed by atoms with E-state index in [1.807, 2.05) is 12.1 Å². The van der Waals surface area contributed by atoms with E-state index in [1.165, 1.54) is 24.0 Å². The van der Waals surface area contributed by atoms with E-state index in [1.54, 1.807) is 7.11 Å². The summed E-state index contributed by atoms with van der Waals surface area (Å²) in [5.41, 5.74) is 2.80. The van der Waals surface area contributed by atoms with Gasteiger partial charge in [0, 0.05) is 12.1 Å². The fraction of sp³-hybridized carbons (Fsp3) is 0.368. The van der Waals surface area contributed by atoms with Gasteiger partial charge in [0.05, 0.1) is 7.11 Å². The molecule has 2 aromatic carbocycles. The van der Waals surface area contributed by atoms with E-state index in [2.05, 4.69) is 54.7 Å². The van der Waals surface area contributed by atoms with Crippen molar-refractivity contribution in [1.29, 1.82) is 0 Å². The lowest BCUT2D eigenvalue weighted by atomic mass is 9.75. The average Bonchev–Trinajstić information content (AvgIpc) is 2.51. The zero-order chi connectivity index (χ0) is 14.7. The smallest absolute Gasteiger partial charge is 0.118 e. The summed E-state index contributed by atoms with van der Waals surface area (Å²) in [5.74, 6) is 1.64. The second-order valence-electron chi connectivity index (χ2n) is 5.94. The number of hydrogen-bond donors (Lipinski definition) is 1. The van der Waals surface area contributed by atoms with Gasteiger partial charge in [0.15, 0.2) is 0 Å². The van der Waals surface area contributed by atoms with Crippen LogP contribution >= 0.6 is 0 Å². The lowest BCUT2D eigenvalue weighted by Crippen LogP contribution is -2.41. The van der Waals surface area contributed by atoms with Crippen molar-refractivity contribution >= 4 is 0 Å². The highest BCUT2D eigenvalue weighted by Gasteiger charge is 2.30. The van der Waals surface area contributed by atoms with Crippen LogP contribution in [0.1, 0.15) is 42.9 Å². The molecule has 1 fully saturated rings. The Hall–Kier alpha value is -1.80. The van der Waals surface area contributed by atoms with Crippen LogP contribution in [0.5, 0.6) is 5.75 Å². The summed E-state index contributed by atoms with van der Waals surface area (Å²) < 4.78 is 5.20. The van der Waals surface area contributed by atoms with E-state index in [4.69, 9.17) is 4.74 Å². The van der Waals surface area contributed by atoms with E-state index >= 15 is 0 Å². The van der Waals surface area contributed by atoms with Crippen LogP contribution in [0.3, 0.4) is 0 Å². The summed E-state index contributed by atoms with van der Waals surface area (Å²) in [4.78, 5) is 0. The maximum Gasteiger partial charge on any atom is 0.118 e. The Morgan fingerprint density at radius 2 is 1.67 bits per heavy atom. The molecule has 110 valence electrons. The molecule has 2 nitrogen and oxygen atoms in total. The SMILES string of the molecule is COc1ccc(C(C)NC2CC(c3ccccc3)C2)cc1. The van der Waals surface area contributed by atoms with Crippen molar-refractivity contribution in [2.75, 3.05) is 7.11 Å². The van der Waals surface area contributed by atoms with Crippen molar-refractivity contribution in [3.8, 4) is 5.75 Å². The third-order valence-electron chi connectivity index (χ3n) is 4.51. The molecule has 0 radical (unpaired) electrons. The Morgan fingerprint density at radius 3 is 2.29 bits per heavy atom. The van der Waals surface area contributed by atoms with Crippen LogP contribution in [0.4, 0.5) is 0 Å². The Balaban J connectivity index is 1.51. The molecular formula is C19H23NO. The molecule has 0 bridgehead atoms. The zero-order valence-electron chi connectivity index (χ0n) is 12.8. The second kappa shape index (κ2) is 6.31. The highest BCUT2D eigenvalue weighted by atomic mass is 16.5. The highest BCUT2D eigenvalue weighted by molar-refractivity contribution is 5.29. The molecule has 1 atom stereocenters. The lowest BCUT2D eigenvalue weighted by molar-refractivity contribution is 0.271. The summed E-state index contributed by atoms with van der Waals surface area (Å²) in [6, 6.07) is 20.2. The Labute approximate surface area is 127 Å². The molecule has 0 amide bonds. The van der Waals surface area contributed by atoms with Crippen molar-refractivity contribution in [1.82, 2.24) is 5.32 Å². The number of methoxy groups -OCH3 is 1. The summed E-state index contributed by atoms with van der Waals surface area (Å²) >= 11 is 0. The van der Waals surface area contributed by atoms with Crippen LogP contribution in [-0.4, -0.2) is 13.2 Å². The number of rotatable bonds is 5. The molecule has 0 aromatic heterocycles. The summed E-state index contributed by atoms with van der Waals surface area (Å²) in [5, 5.41) is 3.73. The van der Waals surface area contributed by atoms with E-state index in [0.29, 0.717) is 12.1 Å². The Kier molecular flexibility index (Phi) is 4.26. The molecule has 1 saturated carbocycles. The minimum Gasteiger partial charge on any atom is -0.497 e. The van der Waals surface area contributed by atoms with Gasteiger partial charge in [-0.3, -0.25) is 0 Å². The van der Waals surface area contributed by atoms with Gasteiger partial charge in [0.1, 0.15) is 5.75 Å². The molecule has 1 unspecified atom stereocenters. The van der Waals surface area contributed by atoms with Gasteiger partial charge in [-0.25, -0.2) is 0 Å². The molecule has 0 aliphatic heterocycles. The van der Waals surface area contributed by atoms with E-state index < -0.39 is 0 Å². The predicted molar refractivity (Wildman–Crippen MR) is 86.7 cm³/mol. The Bertz CT molecular complexity index is 558. The van der Waals surface area contributed by atoms with Crippen LogP contribution in [0.25, 0.3) is 0 Å². The van der Waals surface area contributed by atoms with Gasteiger partial charge >= 0.3 is 0 Å². The third kappa shape index (κ3) is 3.27. The topological polar surface area (TPSA) is 21.3 Å². The fourth-order valence-electron chi connectivity index (χ4n) is 3.09. The molecule has 1 aliphatic rings. The van der Waals surface area contributed by atoms with Crippen LogP contribution in [0.2, 0.25) is 0 Å². The summed E-state index contributed by atoms with van der Waals surface area (Å²) in [6.07, 6.45) is 2.48. The van der Waals surface area contributed by atoms with Crippen molar-refractivity contribution < 1.29 is 4.74 Å². The van der Waals surface area contributed by atoms with Crippen molar-refractivity contribution in [3.05, 3.63) is 65.7 Å². The highest BCUT2D eigenvalue weighted by Crippen LogP contribution is 2.37. The van der Waals surface area contributed by atoms with Crippen molar-refractivity contribution in [3.63, 3.8) is 0 Å². The van der Waals surface area contributed by atoms with Gasteiger partial charge in [-0.05, 0) is 48.9 Å². The monoisotopic (exact) mass is 281 g/mol. The van der Waals surface area contributed by atoms with Gasteiger partial charge in [0.2, 0.25) is 0 Å². The van der Waals surface area contributed by atoms with Gasteiger partial charge in [-0.1, -0.05) is 42.5 Å². The van der Waals surface area contributed by atoms with Crippen LogP contribution in [0, 0.1) is 0 Å². The van der Waals surface area contributed by atoms with Crippen LogP contribution < -0.4 is 10.1 Å². The molecule has 0 spiro atoms. The van der Waals surface area contributed by atoms with Gasteiger partial charge < -0.3 is 10.1 Å². The first-order chi connectivity index (χ1) is 10.3. The fourth-order valence-corrected chi connectivity index (χ4v) is 3.09. The molecule has 3 rings (SSSR count). The molecule has 2 heteroatoms. The van der Waals surface area contributed by atoms with Crippen LogP contribution in [-0.2, 0) is 0 Å². The molecule has 21 heavy (non-hydrogen) atoms. The quantitative estimate of drug-likeness (QED) is 0.882. The van der Waals surface area contributed by atoms with Gasteiger partial charge in [-0.2, -0.15) is 0 Å². The first-order valence-electron chi connectivity index (χ1n) is 7.71. The molecule has 2 aromatic rings. The van der Waals surface area contributed by atoms with E-state index in [9.17, 15) is 0 Å². The van der Waals surface area contributed by atoms with E-state index in [0.717, 1.165) is 11.7 Å². The van der Waals surface area contributed by atoms with Crippen molar-refractivity contribution in [2.24, 2.45) is 0 Å². The van der Waals surface area contributed by atoms with Crippen molar-refractivity contribution in [2.45, 2.75) is 37.8 Å². The Morgan fingerprint density at radius 1 is 1.00 bits per heavy atom. The largest absolute Gasteiger partial charge is 0.497 e. The first-order valence-corrected chi connectivity index (χ1v) is 7.71. The third-order valence-corrected chi connectivity index (χ3v) is 4.51. The maximum atomic E-state index is 5.20. The number of ether oxygens (including phenoxy) is 1. The minimum atomic E-state index is 0.387. The number of benzene rings is 2.